The first-order valence-corrected chi connectivity index (χ1v) is 15.6. The van der Waals surface area contributed by atoms with E-state index in [1.165, 1.54) is 27.8 Å². The van der Waals surface area contributed by atoms with E-state index >= 15 is 0 Å². The number of ketones is 2. The third kappa shape index (κ3) is 4.87. The van der Waals surface area contributed by atoms with Crippen LogP contribution in [0.1, 0.15) is 70.5 Å². The molecule has 44 heavy (non-hydrogen) atoms. The molecule has 3 nitrogen and oxygen atoms in total. The quantitative estimate of drug-likeness (QED) is 0.179. The molecule has 4 aromatic rings. The number of aryl methyl sites for hydroxylation is 2. The van der Waals surface area contributed by atoms with Gasteiger partial charge in [0.25, 0.3) is 0 Å². The summed E-state index contributed by atoms with van der Waals surface area (Å²) >= 11 is 0. The molecule has 3 heteroatoms. The van der Waals surface area contributed by atoms with Gasteiger partial charge in [-0.05, 0) is 103 Å². The largest absolute Gasteiger partial charge is 0.311 e. The predicted octanol–water partition coefficient (Wildman–Crippen LogP) is 10.3. The van der Waals surface area contributed by atoms with Crippen LogP contribution in [-0.4, -0.2) is 11.6 Å². The molecule has 1 atom stereocenters. The van der Waals surface area contributed by atoms with Gasteiger partial charge in [0.1, 0.15) is 0 Å². The Kier molecular flexibility index (Phi) is 6.85. The molecule has 0 saturated carbocycles. The number of anilines is 3. The number of rotatable bonds is 4. The van der Waals surface area contributed by atoms with Crippen LogP contribution in [0.4, 0.5) is 17.1 Å². The highest BCUT2D eigenvalue weighted by Crippen LogP contribution is 2.51. The molecular weight excluding hydrogens is 538 g/mol. The average molecular weight is 576 g/mol. The van der Waals surface area contributed by atoms with E-state index in [-0.39, 0.29) is 17.0 Å². The van der Waals surface area contributed by atoms with E-state index in [2.05, 4.69) is 118 Å². The summed E-state index contributed by atoms with van der Waals surface area (Å²) in [4.78, 5) is 29.0. The SMILES string of the molecule is Cc1ccc(N(c2ccc(C)cc2)c2ccc(C3=CC4=CC(=C5C(=O)c6ccccc6C5=O)CC(C)(C)C4CC3)cc2)cc1. The van der Waals surface area contributed by atoms with Crippen molar-refractivity contribution in [2.45, 2.75) is 47.0 Å². The molecule has 0 fully saturated rings. The summed E-state index contributed by atoms with van der Waals surface area (Å²) in [6, 6.07) is 33.4. The van der Waals surface area contributed by atoms with Crippen LogP contribution in [0.15, 0.2) is 126 Å². The van der Waals surface area contributed by atoms with Gasteiger partial charge in [-0.15, -0.1) is 0 Å². The zero-order chi connectivity index (χ0) is 30.6. The Labute approximate surface area is 260 Å². The molecule has 0 spiro atoms. The fourth-order valence-electron chi connectivity index (χ4n) is 7.28. The average Bonchev–Trinajstić information content (AvgIpc) is 3.28. The molecule has 3 aliphatic carbocycles. The van der Waals surface area contributed by atoms with Gasteiger partial charge >= 0.3 is 0 Å². The van der Waals surface area contributed by atoms with Crippen LogP contribution < -0.4 is 4.90 Å². The summed E-state index contributed by atoms with van der Waals surface area (Å²) in [5.74, 6) is 0.130. The van der Waals surface area contributed by atoms with Crippen LogP contribution in [0, 0.1) is 25.2 Å². The summed E-state index contributed by atoms with van der Waals surface area (Å²) in [6.45, 7) is 8.78. The number of benzene rings is 4. The standard InChI is InChI=1S/C41H37NO2/c1-26-9-16-32(17-10-26)42(33-18-11-27(2)12-19-33)34-20-13-28(14-21-34)29-15-22-37-30(23-29)24-31(25-41(37,3)4)38-39(43)35-7-5-6-8-36(35)40(38)44/h5-14,16-21,23-24,37H,15,22,25H2,1-4H3. The maximum atomic E-state index is 13.4. The number of nitrogens with zero attached hydrogens (tertiary/aromatic N) is 1. The molecule has 1 unspecified atom stereocenters. The highest BCUT2D eigenvalue weighted by Gasteiger charge is 2.41. The van der Waals surface area contributed by atoms with E-state index in [1.807, 2.05) is 12.1 Å². The van der Waals surface area contributed by atoms with Crippen LogP contribution in [0.25, 0.3) is 5.57 Å². The van der Waals surface area contributed by atoms with Crippen molar-refractivity contribution in [3.05, 3.63) is 154 Å². The Morgan fingerprint density at radius 1 is 0.659 bits per heavy atom. The normalized spacial score (nSPS) is 18.9. The summed E-state index contributed by atoms with van der Waals surface area (Å²) in [5.41, 5.74) is 11.8. The second kappa shape index (κ2) is 10.7. The van der Waals surface area contributed by atoms with Gasteiger partial charge < -0.3 is 4.90 Å². The third-order valence-electron chi connectivity index (χ3n) is 9.65. The van der Waals surface area contributed by atoms with Gasteiger partial charge in [-0.25, -0.2) is 0 Å². The molecule has 7 rings (SSSR count). The molecule has 0 amide bonds. The highest BCUT2D eigenvalue weighted by atomic mass is 16.2. The first-order chi connectivity index (χ1) is 21.2. The number of hydrogen-bond acceptors (Lipinski definition) is 3. The number of Topliss-reactive ketones (excluding diaryl/α,β-unsaturated/α-hetero) is 2. The van der Waals surface area contributed by atoms with Crippen LogP contribution in [0.3, 0.4) is 0 Å². The zero-order valence-electron chi connectivity index (χ0n) is 25.9. The van der Waals surface area contributed by atoms with Crippen molar-refractivity contribution in [2.75, 3.05) is 4.90 Å². The van der Waals surface area contributed by atoms with Crippen LogP contribution >= 0.6 is 0 Å². The van der Waals surface area contributed by atoms with Crippen LogP contribution in [0.5, 0.6) is 0 Å². The second-order valence-corrected chi connectivity index (χ2v) is 13.2. The Hall–Kier alpha value is -4.76. The molecule has 0 radical (unpaired) electrons. The summed E-state index contributed by atoms with van der Waals surface area (Å²) in [6.07, 6.45) is 7.25. The molecule has 0 heterocycles. The maximum absolute atomic E-state index is 13.4. The van der Waals surface area contributed by atoms with Gasteiger partial charge in [-0.1, -0.05) is 97.8 Å². The van der Waals surface area contributed by atoms with Crippen LogP contribution in [-0.2, 0) is 0 Å². The minimum absolute atomic E-state index is 0.0454. The lowest BCUT2D eigenvalue weighted by molar-refractivity contribution is 0.0985. The van der Waals surface area contributed by atoms with Gasteiger partial charge in [-0.2, -0.15) is 0 Å². The van der Waals surface area contributed by atoms with Crippen molar-refractivity contribution in [2.24, 2.45) is 11.3 Å². The van der Waals surface area contributed by atoms with E-state index in [9.17, 15) is 9.59 Å². The summed E-state index contributed by atoms with van der Waals surface area (Å²) in [7, 11) is 0. The first kappa shape index (κ1) is 28.0. The molecular formula is C41H37NO2. The Morgan fingerprint density at radius 2 is 1.16 bits per heavy atom. The third-order valence-corrected chi connectivity index (χ3v) is 9.65. The van der Waals surface area contributed by atoms with Crippen molar-refractivity contribution in [1.29, 1.82) is 0 Å². The van der Waals surface area contributed by atoms with E-state index < -0.39 is 0 Å². The number of carbonyl (C=O) groups excluding carboxylic acids is 2. The summed E-state index contributed by atoms with van der Waals surface area (Å²) < 4.78 is 0. The fourth-order valence-corrected chi connectivity index (χ4v) is 7.28. The van der Waals surface area contributed by atoms with E-state index in [4.69, 9.17) is 0 Å². The molecule has 3 aliphatic rings. The smallest absolute Gasteiger partial charge is 0.197 e. The molecule has 0 aromatic heterocycles. The molecule has 4 aromatic carbocycles. The molecule has 218 valence electrons. The topological polar surface area (TPSA) is 37.4 Å². The lowest BCUT2D eigenvalue weighted by Gasteiger charge is -2.42. The van der Waals surface area contributed by atoms with Crippen molar-refractivity contribution in [3.63, 3.8) is 0 Å². The van der Waals surface area contributed by atoms with E-state index in [1.54, 1.807) is 12.1 Å². The number of allylic oxidation sites excluding steroid dienone is 6. The summed E-state index contributed by atoms with van der Waals surface area (Å²) in [5, 5.41) is 0. The lowest BCUT2D eigenvalue weighted by atomic mass is 9.62. The van der Waals surface area contributed by atoms with Gasteiger partial charge in [0.05, 0.1) is 5.57 Å². The monoisotopic (exact) mass is 575 g/mol. The molecule has 0 saturated heterocycles. The maximum Gasteiger partial charge on any atom is 0.197 e. The van der Waals surface area contributed by atoms with E-state index in [0.29, 0.717) is 22.6 Å². The van der Waals surface area contributed by atoms with Crippen molar-refractivity contribution < 1.29 is 9.59 Å². The first-order valence-electron chi connectivity index (χ1n) is 15.6. The number of hydrogen-bond donors (Lipinski definition) is 0. The minimum Gasteiger partial charge on any atom is -0.311 e. The van der Waals surface area contributed by atoms with Crippen molar-refractivity contribution in [3.8, 4) is 0 Å². The lowest BCUT2D eigenvalue weighted by Crippen LogP contribution is -2.31. The molecule has 0 bridgehead atoms. The van der Waals surface area contributed by atoms with Crippen molar-refractivity contribution in [1.82, 2.24) is 0 Å². The molecule has 0 N–H and O–H groups in total. The van der Waals surface area contributed by atoms with E-state index in [0.717, 1.165) is 41.9 Å². The number of carbonyl (C=O) groups is 2. The van der Waals surface area contributed by atoms with Gasteiger partial charge in [0, 0.05) is 28.2 Å². The highest BCUT2D eigenvalue weighted by molar-refractivity contribution is 6.40. The Morgan fingerprint density at radius 3 is 1.68 bits per heavy atom. The van der Waals surface area contributed by atoms with Gasteiger partial charge in [-0.3, -0.25) is 9.59 Å². The number of fused-ring (bicyclic) bond motifs is 2. The van der Waals surface area contributed by atoms with Crippen molar-refractivity contribution >= 4 is 34.2 Å². The Balaban J connectivity index is 1.24. The minimum atomic E-state index is -0.131. The predicted molar refractivity (Wildman–Crippen MR) is 180 cm³/mol. The molecule has 0 aliphatic heterocycles. The zero-order valence-corrected chi connectivity index (χ0v) is 25.9. The van der Waals surface area contributed by atoms with Gasteiger partial charge in [0.2, 0.25) is 0 Å². The van der Waals surface area contributed by atoms with Crippen LogP contribution in [0.2, 0.25) is 0 Å². The fraction of sp³-hybridized carbons (Fsp3) is 0.220. The second-order valence-electron chi connectivity index (χ2n) is 13.2. The van der Waals surface area contributed by atoms with Gasteiger partial charge in [0.15, 0.2) is 11.6 Å². The Bertz CT molecular complexity index is 1800.